The fourth-order valence-corrected chi connectivity index (χ4v) is 2.72. The van der Waals surface area contributed by atoms with Crippen LogP contribution in [0.5, 0.6) is 0 Å². The zero-order valence-corrected chi connectivity index (χ0v) is 12.4. The van der Waals surface area contributed by atoms with Gasteiger partial charge in [0.25, 0.3) is 0 Å². The summed E-state index contributed by atoms with van der Waals surface area (Å²) in [6, 6.07) is 7.76. The van der Waals surface area contributed by atoms with Gasteiger partial charge >= 0.3 is 0 Å². The molecule has 0 bridgehead atoms. The van der Waals surface area contributed by atoms with E-state index in [2.05, 4.69) is 4.72 Å². The molecule has 0 aliphatic rings. The summed E-state index contributed by atoms with van der Waals surface area (Å²) < 4.78 is 26.2. The van der Waals surface area contributed by atoms with E-state index < -0.39 is 10.0 Å². The maximum Gasteiger partial charge on any atom is 0.241 e. The maximum atomic E-state index is 12.0. The lowest BCUT2D eigenvalue weighted by molar-refractivity contribution is -0.132. The van der Waals surface area contributed by atoms with Gasteiger partial charge in [-0.2, -0.15) is 0 Å². The van der Waals surface area contributed by atoms with E-state index in [1.807, 2.05) is 0 Å². The van der Waals surface area contributed by atoms with Crippen LogP contribution in [-0.2, 0) is 14.8 Å². The van der Waals surface area contributed by atoms with Crippen molar-refractivity contribution < 1.29 is 18.3 Å². The molecule has 20 heavy (non-hydrogen) atoms. The second kappa shape index (κ2) is 7.37. The van der Waals surface area contributed by atoms with Crippen molar-refractivity contribution in [3.05, 3.63) is 30.3 Å². The van der Waals surface area contributed by atoms with Crippen molar-refractivity contribution in [2.45, 2.75) is 24.8 Å². The monoisotopic (exact) mass is 300 g/mol. The van der Waals surface area contributed by atoms with Crippen molar-refractivity contribution >= 4 is 15.9 Å². The van der Waals surface area contributed by atoms with Crippen LogP contribution < -0.4 is 4.72 Å². The Morgan fingerprint density at radius 2 is 1.90 bits per heavy atom. The number of carbonyl (C=O) groups excluding carboxylic acids is 1. The van der Waals surface area contributed by atoms with Gasteiger partial charge in [0.1, 0.15) is 0 Å². The average Bonchev–Trinajstić information content (AvgIpc) is 2.43. The summed E-state index contributed by atoms with van der Waals surface area (Å²) in [5, 5.41) is 8.91. The molecule has 1 aromatic carbocycles. The van der Waals surface area contributed by atoms with Crippen LogP contribution in [0.2, 0.25) is 0 Å². The summed E-state index contributed by atoms with van der Waals surface area (Å²) in [7, 11) is -3.69. The number of nitrogens with zero attached hydrogens (tertiary/aromatic N) is 1. The number of carbonyl (C=O) groups is 1. The highest BCUT2D eigenvalue weighted by Crippen LogP contribution is 2.07. The number of benzene rings is 1. The Labute approximate surface area is 119 Å². The van der Waals surface area contributed by atoms with Gasteiger partial charge in [0.05, 0.1) is 18.0 Å². The van der Waals surface area contributed by atoms with Crippen LogP contribution in [0.4, 0.5) is 0 Å². The molecule has 1 aromatic rings. The molecule has 0 aliphatic heterocycles. The van der Waals surface area contributed by atoms with E-state index in [0.717, 1.165) is 0 Å². The number of hydrogen-bond acceptors (Lipinski definition) is 4. The summed E-state index contributed by atoms with van der Waals surface area (Å²) in [6.07, 6.45) is 0. The van der Waals surface area contributed by atoms with Crippen molar-refractivity contribution in [2.75, 3.05) is 19.7 Å². The summed E-state index contributed by atoms with van der Waals surface area (Å²) in [5.41, 5.74) is 0. The molecule has 0 atom stereocenters. The van der Waals surface area contributed by atoms with Gasteiger partial charge in [-0.05, 0) is 26.0 Å². The van der Waals surface area contributed by atoms with E-state index in [-0.39, 0.29) is 36.5 Å². The van der Waals surface area contributed by atoms with Gasteiger partial charge in [0.15, 0.2) is 0 Å². The SMILES string of the molecule is CC(C)N(CCO)C(=O)CNS(=O)(=O)c1ccccc1. The molecular weight excluding hydrogens is 280 g/mol. The molecule has 0 unspecified atom stereocenters. The predicted molar refractivity (Wildman–Crippen MR) is 75.6 cm³/mol. The number of sulfonamides is 1. The van der Waals surface area contributed by atoms with Crippen molar-refractivity contribution in [2.24, 2.45) is 0 Å². The second-order valence-electron chi connectivity index (χ2n) is 4.54. The number of hydrogen-bond donors (Lipinski definition) is 2. The van der Waals surface area contributed by atoms with Gasteiger partial charge in [-0.15, -0.1) is 0 Å². The van der Waals surface area contributed by atoms with Gasteiger partial charge in [-0.1, -0.05) is 18.2 Å². The lowest BCUT2D eigenvalue weighted by Crippen LogP contribution is -2.44. The summed E-state index contributed by atoms with van der Waals surface area (Å²) >= 11 is 0. The first kappa shape index (κ1) is 16.6. The lowest BCUT2D eigenvalue weighted by atomic mass is 10.3. The van der Waals surface area contributed by atoms with Crippen molar-refractivity contribution in [3.63, 3.8) is 0 Å². The van der Waals surface area contributed by atoms with Gasteiger partial charge < -0.3 is 10.0 Å². The Bertz CT molecular complexity index is 529. The number of aliphatic hydroxyl groups excluding tert-OH is 1. The second-order valence-corrected chi connectivity index (χ2v) is 6.31. The minimum absolute atomic E-state index is 0.101. The normalized spacial score (nSPS) is 11.6. The topological polar surface area (TPSA) is 86.7 Å². The largest absolute Gasteiger partial charge is 0.395 e. The van der Waals surface area contributed by atoms with Crippen molar-refractivity contribution in [1.29, 1.82) is 0 Å². The highest BCUT2D eigenvalue weighted by Gasteiger charge is 2.20. The van der Waals surface area contributed by atoms with E-state index in [4.69, 9.17) is 5.11 Å². The molecule has 0 fully saturated rings. The molecule has 1 rings (SSSR count). The van der Waals surface area contributed by atoms with Gasteiger partial charge in [-0.3, -0.25) is 4.79 Å². The molecule has 0 saturated carbocycles. The molecule has 2 N–H and O–H groups in total. The molecular formula is C13H20N2O4S. The maximum absolute atomic E-state index is 12.0. The Balaban J connectivity index is 2.69. The van der Waals surface area contributed by atoms with Crippen LogP contribution in [0.25, 0.3) is 0 Å². The van der Waals surface area contributed by atoms with E-state index in [9.17, 15) is 13.2 Å². The van der Waals surface area contributed by atoms with Crippen LogP contribution >= 0.6 is 0 Å². The van der Waals surface area contributed by atoms with E-state index in [1.54, 1.807) is 32.0 Å². The predicted octanol–water partition coefficient (Wildman–Crippen LogP) is 0.194. The van der Waals surface area contributed by atoms with Gasteiger partial charge in [0, 0.05) is 12.6 Å². The number of amides is 1. The van der Waals surface area contributed by atoms with Crippen LogP contribution in [-0.4, -0.2) is 50.1 Å². The third-order valence-corrected chi connectivity index (χ3v) is 4.17. The molecule has 0 heterocycles. The molecule has 0 saturated heterocycles. The number of rotatable bonds is 7. The van der Waals surface area contributed by atoms with Crippen molar-refractivity contribution in [3.8, 4) is 0 Å². The standard InChI is InChI=1S/C13H20N2O4S/c1-11(2)15(8-9-16)13(17)10-14-20(18,19)12-6-4-3-5-7-12/h3-7,11,14,16H,8-10H2,1-2H3. The molecule has 0 aliphatic carbocycles. The third kappa shape index (κ3) is 4.59. The summed E-state index contributed by atoms with van der Waals surface area (Å²) in [5.74, 6) is -0.367. The number of aliphatic hydroxyl groups is 1. The van der Waals surface area contributed by atoms with E-state index >= 15 is 0 Å². The van der Waals surface area contributed by atoms with Gasteiger partial charge in [-0.25, -0.2) is 13.1 Å². The molecule has 0 aromatic heterocycles. The third-order valence-electron chi connectivity index (χ3n) is 2.75. The van der Waals surface area contributed by atoms with Crippen LogP contribution in [0, 0.1) is 0 Å². The molecule has 112 valence electrons. The van der Waals surface area contributed by atoms with Crippen LogP contribution in [0.3, 0.4) is 0 Å². The average molecular weight is 300 g/mol. The Kier molecular flexibility index (Phi) is 6.12. The Morgan fingerprint density at radius 1 is 1.30 bits per heavy atom. The molecule has 6 nitrogen and oxygen atoms in total. The smallest absolute Gasteiger partial charge is 0.241 e. The minimum Gasteiger partial charge on any atom is -0.395 e. The minimum atomic E-state index is -3.69. The van der Waals surface area contributed by atoms with Crippen LogP contribution in [0.15, 0.2) is 35.2 Å². The zero-order chi connectivity index (χ0) is 15.2. The van der Waals surface area contributed by atoms with Crippen LogP contribution in [0.1, 0.15) is 13.8 Å². The summed E-state index contributed by atoms with van der Waals surface area (Å²) in [4.78, 5) is 13.5. The fourth-order valence-electron chi connectivity index (χ4n) is 1.72. The first-order chi connectivity index (χ1) is 9.38. The Hall–Kier alpha value is -1.44. The van der Waals surface area contributed by atoms with E-state index in [1.165, 1.54) is 17.0 Å². The highest BCUT2D eigenvalue weighted by atomic mass is 32.2. The molecule has 7 heteroatoms. The van der Waals surface area contributed by atoms with Crippen molar-refractivity contribution in [1.82, 2.24) is 9.62 Å². The lowest BCUT2D eigenvalue weighted by Gasteiger charge is -2.26. The first-order valence-electron chi connectivity index (χ1n) is 6.33. The Morgan fingerprint density at radius 3 is 2.40 bits per heavy atom. The number of nitrogens with one attached hydrogen (secondary N) is 1. The first-order valence-corrected chi connectivity index (χ1v) is 7.82. The van der Waals surface area contributed by atoms with E-state index in [0.29, 0.717) is 0 Å². The highest BCUT2D eigenvalue weighted by molar-refractivity contribution is 7.89. The fraction of sp³-hybridized carbons (Fsp3) is 0.462. The molecule has 1 amide bonds. The zero-order valence-electron chi connectivity index (χ0n) is 11.6. The summed E-state index contributed by atoms with van der Waals surface area (Å²) in [6.45, 7) is 3.31. The molecule has 0 spiro atoms. The molecule has 0 radical (unpaired) electrons. The quantitative estimate of drug-likeness (QED) is 0.753. The van der Waals surface area contributed by atoms with Gasteiger partial charge in [0.2, 0.25) is 15.9 Å².